The minimum absolute atomic E-state index is 0.240. The molecule has 0 aliphatic rings. The van der Waals surface area contributed by atoms with E-state index in [1.807, 2.05) is 41.8 Å². The minimum atomic E-state index is -0.807. The van der Waals surface area contributed by atoms with Crippen molar-refractivity contribution in [2.75, 3.05) is 19.0 Å². The van der Waals surface area contributed by atoms with Gasteiger partial charge in [0.25, 0.3) is 5.91 Å². The Morgan fingerprint density at radius 3 is 2.37 bits per heavy atom. The van der Waals surface area contributed by atoms with Gasteiger partial charge in [-0.2, -0.15) is 0 Å². The van der Waals surface area contributed by atoms with Gasteiger partial charge in [0.2, 0.25) is 0 Å². The molecule has 7 heteroatoms. The summed E-state index contributed by atoms with van der Waals surface area (Å²) >= 11 is 1.27. The molecule has 3 rings (SSSR count). The number of hydrogen-bond donors (Lipinski definition) is 1. The van der Waals surface area contributed by atoms with Crippen molar-refractivity contribution in [2.24, 2.45) is 0 Å². The van der Waals surface area contributed by atoms with Gasteiger partial charge in [0, 0.05) is 10.9 Å². The number of benzene rings is 2. The molecule has 0 saturated heterocycles. The number of carbonyl (C=O) groups excluding carboxylic acids is 2. The summed E-state index contributed by atoms with van der Waals surface area (Å²) in [5.41, 5.74) is 1.93. The van der Waals surface area contributed by atoms with Crippen molar-refractivity contribution in [3.05, 3.63) is 65.5 Å². The number of hydrogen-bond acceptors (Lipinski definition) is 6. The monoisotopic (exact) mass is 425 g/mol. The number of anilines is 1. The summed E-state index contributed by atoms with van der Waals surface area (Å²) < 4.78 is 16.2. The molecule has 0 spiro atoms. The van der Waals surface area contributed by atoms with Gasteiger partial charge in [0.1, 0.15) is 10.6 Å². The number of para-hydroxylation sites is 2. The Kier molecular flexibility index (Phi) is 7.08. The molecular weight excluding hydrogens is 402 g/mol. The summed E-state index contributed by atoms with van der Waals surface area (Å²) in [6.07, 6.45) is -0.807. The zero-order valence-electron chi connectivity index (χ0n) is 17.0. The van der Waals surface area contributed by atoms with E-state index in [1.165, 1.54) is 18.4 Å². The van der Waals surface area contributed by atoms with E-state index >= 15 is 0 Å². The largest absolute Gasteiger partial charge is 0.493 e. The maximum absolute atomic E-state index is 12.8. The Bertz CT molecular complexity index is 1020. The van der Waals surface area contributed by atoms with E-state index in [0.717, 1.165) is 5.56 Å². The zero-order valence-corrected chi connectivity index (χ0v) is 17.8. The summed E-state index contributed by atoms with van der Waals surface area (Å²) in [5, 5.41) is 5.07. The molecule has 0 radical (unpaired) electrons. The van der Waals surface area contributed by atoms with Gasteiger partial charge in [0.15, 0.2) is 17.6 Å². The lowest BCUT2D eigenvalue weighted by Gasteiger charge is -2.16. The molecule has 6 nitrogen and oxygen atoms in total. The Morgan fingerprint density at radius 1 is 1.03 bits per heavy atom. The maximum Gasteiger partial charge on any atom is 0.341 e. The van der Waals surface area contributed by atoms with Crippen LogP contribution in [-0.4, -0.2) is 31.7 Å². The van der Waals surface area contributed by atoms with Gasteiger partial charge in [0.05, 0.1) is 13.7 Å². The van der Waals surface area contributed by atoms with Crippen LogP contribution in [0.5, 0.6) is 11.5 Å². The number of methoxy groups -OCH3 is 1. The average molecular weight is 426 g/mol. The van der Waals surface area contributed by atoms with E-state index in [9.17, 15) is 9.59 Å². The molecule has 0 unspecified atom stereocenters. The van der Waals surface area contributed by atoms with Crippen LogP contribution in [0.3, 0.4) is 0 Å². The molecular formula is C23H23NO5S. The minimum Gasteiger partial charge on any atom is -0.493 e. The summed E-state index contributed by atoms with van der Waals surface area (Å²) in [4.78, 5) is 25.4. The number of amides is 1. The van der Waals surface area contributed by atoms with Crippen molar-refractivity contribution in [3.8, 4) is 22.6 Å². The van der Waals surface area contributed by atoms with Crippen molar-refractivity contribution in [2.45, 2.75) is 20.0 Å². The van der Waals surface area contributed by atoms with Crippen LogP contribution in [0.2, 0.25) is 0 Å². The Morgan fingerprint density at radius 2 is 1.70 bits per heavy atom. The predicted molar refractivity (Wildman–Crippen MR) is 117 cm³/mol. The second kappa shape index (κ2) is 9.93. The Balaban J connectivity index is 1.84. The van der Waals surface area contributed by atoms with Crippen LogP contribution >= 0.6 is 11.3 Å². The lowest BCUT2D eigenvalue weighted by molar-refractivity contribution is -0.122. The molecule has 0 fully saturated rings. The molecule has 3 aromatic rings. The first-order valence-corrected chi connectivity index (χ1v) is 10.4. The van der Waals surface area contributed by atoms with E-state index in [4.69, 9.17) is 14.2 Å². The SMILES string of the molecule is CCOC(=O)c1c(-c2ccccc2)csc1NC(=O)[C@@H](C)Oc1ccccc1OC. The molecule has 1 atom stereocenters. The number of rotatable bonds is 8. The summed E-state index contributed by atoms with van der Waals surface area (Å²) in [7, 11) is 1.54. The first-order chi connectivity index (χ1) is 14.5. The topological polar surface area (TPSA) is 73.9 Å². The van der Waals surface area contributed by atoms with Gasteiger partial charge in [-0.15, -0.1) is 11.3 Å². The van der Waals surface area contributed by atoms with E-state index in [-0.39, 0.29) is 12.5 Å². The summed E-state index contributed by atoms with van der Waals surface area (Å²) in [6, 6.07) is 16.6. The van der Waals surface area contributed by atoms with E-state index in [1.54, 1.807) is 32.0 Å². The molecule has 1 heterocycles. The van der Waals surface area contributed by atoms with Crippen LogP contribution in [0.1, 0.15) is 24.2 Å². The molecule has 30 heavy (non-hydrogen) atoms. The van der Waals surface area contributed by atoms with Crippen LogP contribution < -0.4 is 14.8 Å². The first-order valence-electron chi connectivity index (χ1n) is 9.49. The number of esters is 1. The van der Waals surface area contributed by atoms with Crippen LogP contribution in [0.4, 0.5) is 5.00 Å². The fraction of sp³-hybridized carbons (Fsp3) is 0.217. The molecule has 1 N–H and O–H groups in total. The lowest BCUT2D eigenvalue weighted by Crippen LogP contribution is -2.30. The van der Waals surface area contributed by atoms with Crippen molar-refractivity contribution in [1.29, 1.82) is 0 Å². The molecule has 0 aliphatic heterocycles. The Labute approximate surface area is 179 Å². The lowest BCUT2D eigenvalue weighted by atomic mass is 10.0. The third-order valence-corrected chi connectivity index (χ3v) is 5.23. The van der Waals surface area contributed by atoms with Crippen LogP contribution in [0, 0.1) is 0 Å². The van der Waals surface area contributed by atoms with Crippen LogP contribution in [0.15, 0.2) is 60.0 Å². The quantitative estimate of drug-likeness (QED) is 0.514. The number of thiophene rings is 1. The highest BCUT2D eigenvalue weighted by atomic mass is 32.1. The fourth-order valence-corrected chi connectivity index (χ4v) is 3.82. The van der Waals surface area contributed by atoms with Crippen molar-refractivity contribution in [1.82, 2.24) is 0 Å². The predicted octanol–water partition coefficient (Wildman–Crippen LogP) is 5.01. The van der Waals surface area contributed by atoms with Crippen LogP contribution in [0.25, 0.3) is 11.1 Å². The highest BCUT2D eigenvalue weighted by Gasteiger charge is 2.25. The summed E-state index contributed by atoms with van der Waals surface area (Å²) in [6.45, 7) is 3.62. The molecule has 1 aromatic heterocycles. The van der Waals surface area contributed by atoms with Gasteiger partial charge >= 0.3 is 5.97 Å². The smallest absolute Gasteiger partial charge is 0.341 e. The van der Waals surface area contributed by atoms with Crippen molar-refractivity contribution >= 4 is 28.2 Å². The van der Waals surface area contributed by atoms with Gasteiger partial charge in [-0.05, 0) is 31.5 Å². The highest BCUT2D eigenvalue weighted by Crippen LogP contribution is 2.36. The zero-order chi connectivity index (χ0) is 21.5. The second-order valence-corrected chi connectivity index (χ2v) is 7.22. The molecule has 0 saturated carbocycles. The summed E-state index contributed by atoms with van der Waals surface area (Å²) in [5.74, 6) is 0.135. The van der Waals surface area contributed by atoms with E-state index in [2.05, 4.69) is 5.32 Å². The third-order valence-electron chi connectivity index (χ3n) is 4.33. The second-order valence-electron chi connectivity index (χ2n) is 6.34. The first kappa shape index (κ1) is 21.4. The van der Waals surface area contributed by atoms with Crippen LogP contribution in [-0.2, 0) is 9.53 Å². The van der Waals surface area contributed by atoms with Gasteiger partial charge < -0.3 is 19.5 Å². The number of nitrogens with one attached hydrogen (secondary N) is 1. The number of ether oxygens (including phenoxy) is 3. The number of carbonyl (C=O) groups is 2. The van der Waals surface area contributed by atoms with Crippen molar-refractivity contribution < 1.29 is 23.8 Å². The highest BCUT2D eigenvalue weighted by molar-refractivity contribution is 7.15. The van der Waals surface area contributed by atoms with Gasteiger partial charge in [-0.1, -0.05) is 42.5 Å². The normalized spacial score (nSPS) is 11.4. The maximum atomic E-state index is 12.8. The van der Waals surface area contributed by atoms with Crippen molar-refractivity contribution in [3.63, 3.8) is 0 Å². The molecule has 0 bridgehead atoms. The standard InChI is InChI=1S/C23H23NO5S/c1-4-28-23(26)20-17(16-10-6-5-7-11-16)14-30-22(20)24-21(25)15(2)29-19-13-9-8-12-18(19)27-3/h5-15H,4H2,1-3H3,(H,24,25)/t15-/m1/s1. The van der Waals surface area contributed by atoms with Gasteiger partial charge in [-0.3, -0.25) is 4.79 Å². The van der Waals surface area contributed by atoms with Gasteiger partial charge in [-0.25, -0.2) is 4.79 Å². The van der Waals surface area contributed by atoms with E-state index in [0.29, 0.717) is 27.6 Å². The molecule has 1 amide bonds. The molecule has 156 valence electrons. The third kappa shape index (κ3) is 4.80. The van der Waals surface area contributed by atoms with E-state index < -0.39 is 12.1 Å². The average Bonchev–Trinajstić information content (AvgIpc) is 3.18. The molecule has 0 aliphatic carbocycles. The fourth-order valence-electron chi connectivity index (χ4n) is 2.86. The Hall–Kier alpha value is -3.32. The molecule has 2 aromatic carbocycles.